The topological polar surface area (TPSA) is 148 Å². The third-order valence-corrected chi connectivity index (χ3v) is 3.25. The Hall–Kier alpha value is -3.22. The lowest BCUT2D eigenvalue weighted by molar-refractivity contribution is -0.192. The molecule has 2 aromatic heterocycles. The highest BCUT2D eigenvalue weighted by atomic mass is 19.4. The molecule has 0 aliphatic carbocycles. The van der Waals surface area contributed by atoms with Crippen molar-refractivity contribution in [3.63, 3.8) is 0 Å². The van der Waals surface area contributed by atoms with Gasteiger partial charge in [-0.15, -0.1) is 0 Å². The molecular weight excluding hydrogens is 392 g/mol. The lowest BCUT2D eigenvalue weighted by Crippen LogP contribution is -2.21. The van der Waals surface area contributed by atoms with Crippen molar-refractivity contribution >= 4 is 28.8 Å². The summed E-state index contributed by atoms with van der Waals surface area (Å²) in [5.74, 6) is -4.85. The van der Waals surface area contributed by atoms with Gasteiger partial charge < -0.3 is 25.8 Å². The van der Waals surface area contributed by atoms with Crippen LogP contribution in [-0.2, 0) is 11.3 Å². The first-order valence-electron chi connectivity index (χ1n) is 7.65. The molecule has 0 aliphatic heterocycles. The second-order valence-electron chi connectivity index (χ2n) is 5.17. The molecule has 0 saturated carbocycles. The van der Waals surface area contributed by atoms with Crippen LogP contribution >= 0.6 is 0 Å². The molecule has 0 unspecified atom stereocenters. The Kier molecular flexibility index (Phi) is 7.43. The first-order valence-corrected chi connectivity index (χ1v) is 7.65. The van der Waals surface area contributed by atoms with E-state index in [9.17, 15) is 27.2 Å². The van der Waals surface area contributed by atoms with Crippen LogP contribution in [0, 0.1) is 5.82 Å². The van der Waals surface area contributed by atoms with Crippen LogP contribution in [0.15, 0.2) is 17.1 Å². The number of hydrogen-bond acceptors (Lipinski definition) is 6. The third kappa shape index (κ3) is 5.39. The van der Waals surface area contributed by atoms with E-state index in [2.05, 4.69) is 10.3 Å². The van der Waals surface area contributed by atoms with Crippen LogP contribution < -0.4 is 16.5 Å². The van der Waals surface area contributed by atoms with E-state index in [1.165, 1.54) is 10.8 Å². The van der Waals surface area contributed by atoms with Crippen LogP contribution in [0.3, 0.4) is 0 Å². The van der Waals surface area contributed by atoms with Gasteiger partial charge in [-0.25, -0.2) is 19.0 Å². The monoisotopic (exact) mass is 408 g/mol. The number of aryl methyl sites for hydroxylation is 1. The van der Waals surface area contributed by atoms with Gasteiger partial charge in [-0.2, -0.15) is 13.2 Å². The average Bonchev–Trinajstić information content (AvgIpc) is 2.60. The smallest absolute Gasteiger partial charge is 0.477 e. The van der Waals surface area contributed by atoms with Crippen LogP contribution in [0.25, 0.3) is 11.0 Å². The number of hydrogen-bond donors (Lipinski definition) is 4. The minimum Gasteiger partial charge on any atom is -0.477 e. The highest BCUT2D eigenvalue weighted by Gasteiger charge is 2.38. The van der Waals surface area contributed by atoms with E-state index in [0.717, 1.165) is 6.07 Å². The molecule has 5 N–H and O–H groups in total. The maximum absolute atomic E-state index is 13.9. The Morgan fingerprint density at radius 3 is 2.32 bits per heavy atom. The van der Waals surface area contributed by atoms with Gasteiger partial charge >= 0.3 is 18.1 Å². The molecule has 0 aromatic carbocycles. The maximum atomic E-state index is 13.9. The molecule has 9 nitrogen and oxygen atoms in total. The van der Waals surface area contributed by atoms with Gasteiger partial charge in [0.25, 0.3) is 0 Å². The molecule has 0 fully saturated rings. The minimum atomic E-state index is -5.08. The molecule has 154 valence electrons. The molecule has 28 heavy (non-hydrogen) atoms. The van der Waals surface area contributed by atoms with Crippen LogP contribution in [0.4, 0.5) is 23.4 Å². The number of aromatic nitrogens is 2. The predicted octanol–water partition coefficient (Wildman–Crippen LogP) is 1.26. The van der Waals surface area contributed by atoms with Crippen molar-refractivity contribution in [2.45, 2.75) is 19.6 Å². The minimum absolute atomic E-state index is 0.0161. The Morgan fingerprint density at radius 2 is 1.89 bits per heavy atom. The van der Waals surface area contributed by atoms with Crippen molar-refractivity contribution in [1.82, 2.24) is 9.55 Å². The fourth-order valence-electron chi connectivity index (χ4n) is 1.99. The summed E-state index contributed by atoms with van der Waals surface area (Å²) in [6.45, 7) is 2.80. The van der Waals surface area contributed by atoms with Crippen LogP contribution in [-0.4, -0.2) is 51.0 Å². The number of anilines is 1. The zero-order valence-electron chi connectivity index (χ0n) is 14.4. The standard InChI is InChI=1S/C13H15FN4O3.C2HF3O2/c1-2-18-6-8(13(20)21)10(19)7-5-9(14)11(16-4-3-15)17-12(7)18;3-2(4,5)1(6)7/h5-6H,2-4,15H2,1H3,(H,16,17)(H,20,21);(H,6,7). The molecule has 13 heteroatoms. The molecule has 0 bridgehead atoms. The number of carboxylic acids is 2. The molecule has 2 heterocycles. The summed E-state index contributed by atoms with van der Waals surface area (Å²) in [4.78, 5) is 36.1. The number of pyridine rings is 2. The molecule has 2 aromatic rings. The van der Waals surface area contributed by atoms with E-state index in [-0.39, 0.29) is 16.9 Å². The summed E-state index contributed by atoms with van der Waals surface area (Å²) in [5.41, 5.74) is 4.41. The van der Waals surface area contributed by atoms with E-state index < -0.39 is 34.9 Å². The number of alkyl halides is 3. The predicted molar refractivity (Wildman–Crippen MR) is 89.8 cm³/mol. The Balaban J connectivity index is 0.000000480. The van der Waals surface area contributed by atoms with Crippen LogP contribution in [0.1, 0.15) is 17.3 Å². The second kappa shape index (κ2) is 9.12. The van der Waals surface area contributed by atoms with E-state index >= 15 is 0 Å². The van der Waals surface area contributed by atoms with Gasteiger partial charge in [0.1, 0.15) is 11.2 Å². The van der Waals surface area contributed by atoms with Crippen molar-refractivity contribution in [3.05, 3.63) is 33.9 Å². The molecule has 0 saturated heterocycles. The van der Waals surface area contributed by atoms with Gasteiger partial charge in [-0.3, -0.25) is 4.79 Å². The maximum Gasteiger partial charge on any atom is 0.490 e. The van der Waals surface area contributed by atoms with Gasteiger partial charge in [0.05, 0.1) is 5.39 Å². The molecule has 0 spiro atoms. The van der Waals surface area contributed by atoms with Gasteiger partial charge in [-0.05, 0) is 13.0 Å². The van der Waals surface area contributed by atoms with Crippen molar-refractivity contribution in [2.24, 2.45) is 5.73 Å². The first-order chi connectivity index (χ1) is 12.9. The summed E-state index contributed by atoms with van der Waals surface area (Å²) in [6, 6.07) is 1.00. The Labute approximate surface area is 154 Å². The number of carbonyl (C=O) groups is 2. The number of nitrogens with two attached hydrogens (primary N) is 1. The fraction of sp³-hybridized carbons (Fsp3) is 0.333. The number of nitrogens with one attached hydrogen (secondary N) is 1. The molecule has 0 radical (unpaired) electrons. The molecule has 2 rings (SSSR count). The highest BCUT2D eigenvalue weighted by Crippen LogP contribution is 2.18. The van der Waals surface area contributed by atoms with Gasteiger partial charge in [0.15, 0.2) is 11.6 Å². The van der Waals surface area contributed by atoms with E-state index in [4.69, 9.17) is 20.7 Å². The number of aliphatic carboxylic acids is 1. The number of fused-ring (bicyclic) bond motifs is 1. The summed E-state index contributed by atoms with van der Waals surface area (Å²) < 4.78 is 47.2. The summed E-state index contributed by atoms with van der Waals surface area (Å²) in [5, 5.41) is 18.8. The lowest BCUT2D eigenvalue weighted by atomic mass is 10.2. The van der Waals surface area contributed by atoms with Gasteiger partial charge in [0.2, 0.25) is 5.43 Å². The Bertz CT molecular complexity index is 943. The number of carboxylic acid groups (broad SMARTS) is 2. The summed E-state index contributed by atoms with van der Waals surface area (Å²) in [6.07, 6.45) is -3.87. The van der Waals surface area contributed by atoms with Crippen molar-refractivity contribution in [2.75, 3.05) is 18.4 Å². The van der Waals surface area contributed by atoms with E-state index in [0.29, 0.717) is 19.6 Å². The van der Waals surface area contributed by atoms with E-state index in [1.54, 1.807) is 6.92 Å². The zero-order valence-corrected chi connectivity index (χ0v) is 14.4. The number of aromatic carboxylic acids is 1. The van der Waals surface area contributed by atoms with Crippen molar-refractivity contribution in [1.29, 1.82) is 0 Å². The Morgan fingerprint density at radius 1 is 1.32 bits per heavy atom. The van der Waals surface area contributed by atoms with Crippen LogP contribution in [0.2, 0.25) is 0 Å². The van der Waals surface area contributed by atoms with Crippen molar-refractivity contribution < 1.29 is 37.4 Å². The fourth-order valence-corrected chi connectivity index (χ4v) is 1.99. The molecule has 0 atom stereocenters. The van der Waals surface area contributed by atoms with Crippen LogP contribution in [0.5, 0.6) is 0 Å². The number of halogens is 4. The number of nitrogens with zero attached hydrogens (tertiary/aromatic N) is 2. The molecule has 0 amide bonds. The van der Waals surface area contributed by atoms with Crippen molar-refractivity contribution in [3.8, 4) is 0 Å². The second-order valence-corrected chi connectivity index (χ2v) is 5.17. The summed E-state index contributed by atoms with van der Waals surface area (Å²) in [7, 11) is 0. The normalized spacial score (nSPS) is 10.9. The average molecular weight is 408 g/mol. The summed E-state index contributed by atoms with van der Waals surface area (Å²) >= 11 is 0. The van der Waals surface area contributed by atoms with E-state index in [1.807, 2.05) is 0 Å². The van der Waals surface area contributed by atoms with Gasteiger partial charge in [0, 0.05) is 25.8 Å². The zero-order chi connectivity index (χ0) is 21.6. The first kappa shape index (κ1) is 22.8. The molecular formula is C15H16F4N4O5. The van der Waals surface area contributed by atoms with Gasteiger partial charge in [-0.1, -0.05) is 0 Å². The lowest BCUT2D eigenvalue weighted by Gasteiger charge is -2.12. The number of rotatable bonds is 5. The third-order valence-electron chi connectivity index (χ3n) is 3.25. The largest absolute Gasteiger partial charge is 0.490 e. The SMILES string of the molecule is CCn1cc(C(=O)O)c(=O)c2cc(F)c(NCCN)nc21.O=C(O)C(F)(F)F. The molecule has 0 aliphatic rings. The quantitative estimate of drug-likeness (QED) is 0.541. The highest BCUT2D eigenvalue weighted by molar-refractivity contribution is 5.92.